The average molecular weight is 525 g/mol. The molecule has 0 bridgehead atoms. The van der Waals surface area contributed by atoms with Crippen molar-refractivity contribution in [2.75, 3.05) is 6.54 Å². The van der Waals surface area contributed by atoms with Crippen molar-refractivity contribution in [3.63, 3.8) is 0 Å². The molecule has 0 saturated carbocycles. The Labute approximate surface area is 220 Å². The predicted molar refractivity (Wildman–Crippen MR) is 138 cm³/mol. The first kappa shape index (κ1) is 27.4. The standard InChI is InChI=1S/C29H31F3N4O2/c1-17(2)27(38)36-10-9-20(13-28(36,3)4)22-16-35(5)26-24(22)25(29(30,31)32)21(15-34-26)12-23(37)19-8-6-7-18(11-19)14-33/h6-8,11,15-17,20H,9-10,12-13H2,1-5H3/t20-/m1/s1. The highest BCUT2D eigenvalue weighted by atomic mass is 19.4. The second-order valence-electron chi connectivity index (χ2n) is 11.0. The van der Waals surface area contributed by atoms with Crippen molar-refractivity contribution in [2.24, 2.45) is 13.0 Å². The minimum atomic E-state index is -4.72. The molecule has 1 aliphatic heterocycles. The number of benzene rings is 1. The van der Waals surface area contributed by atoms with Crippen LogP contribution < -0.4 is 0 Å². The van der Waals surface area contributed by atoms with Gasteiger partial charge in [-0.3, -0.25) is 9.59 Å². The molecule has 9 heteroatoms. The Balaban J connectivity index is 1.79. The number of pyridine rings is 1. The third-order valence-electron chi connectivity index (χ3n) is 7.42. The smallest absolute Gasteiger partial charge is 0.337 e. The summed E-state index contributed by atoms with van der Waals surface area (Å²) >= 11 is 0. The Morgan fingerprint density at radius 2 is 1.97 bits per heavy atom. The van der Waals surface area contributed by atoms with E-state index in [2.05, 4.69) is 4.98 Å². The number of fused-ring (bicyclic) bond motifs is 1. The van der Waals surface area contributed by atoms with E-state index in [1.54, 1.807) is 17.8 Å². The van der Waals surface area contributed by atoms with Gasteiger partial charge in [-0.05, 0) is 55.9 Å². The van der Waals surface area contributed by atoms with E-state index in [1.165, 1.54) is 24.3 Å². The van der Waals surface area contributed by atoms with Crippen LogP contribution in [0, 0.1) is 17.2 Å². The summed E-state index contributed by atoms with van der Waals surface area (Å²) in [5.41, 5.74) is -0.401. The van der Waals surface area contributed by atoms with Gasteiger partial charge in [-0.15, -0.1) is 0 Å². The minimum Gasteiger partial charge on any atom is -0.337 e. The Bertz CT molecular complexity index is 1450. The van der Waals surface area contributed by atoms with Gasteiger partial charge in [-0.1, -0.05) is 26.0 Å². The largest absolute Gasteiger partial charge is 0.417 e. The van der Waals surface area contributed by atoms with Gasteiger partial charge in [0, 0.05) is 54.8 Å². The minimum absolute atomic E-state index is 0.0144. The van der Waals surface area contributed by atoms with Crippen LogP contribution in [0.15, 0.2) is 36.7 Å². The van der Waals surface area contributed by atoms with E-state index in [0.717, 1.165) is 6.20 Å². The van der Waals surface area contributed by atoms with E-state index >= 15 is 0 Å². The molecule has 38 heavy (non-hydrogen) atoms. The number of carbonyl (C=O) groups excluding carboxylic acids is 2. The molecule has 1 amide bonds. The maximum atomic E-state index is 14.7. The Morgan fingerprint density at radius 1 is 1.26 bits per heavy atom. The van der Waals surface area contributed by atoms with Crippen molar-refractivity contribution >= 4 is 22.7 Å². The van der Waals surface area contributed by atoms with E-state index in [-0.39, 0.29) is 45.5 Å². The number of hydrogen-bond acceptors (Lipinski definition) is 4. The molecule has 0 N–H and O–H groups in total. The molecule has 3 aromatic rings. The highest BCUT2D eigenvalue weighted by Crippen LogP contribution is 2.45. The molecule has 1 saturated heterocycles. The molecule has 1 aromatic carbocycles. The summed E-state index contributed by atoms with van der Waals surface area (Å²) in [7, 11) is 1.67. The molecule has 6 nitrogen and oxygen atoms in total. The zero-order chi connectivity index (χ0) is 28.0. The first-order valence-electron chi connectivity index (χ1n) is 12.6. The molecule has 0 spiro atoms. The first-order valence-corrected chi connectivity index (χ1v) is 12.6. The number of aromatic nitrogens is 2. The number of hydrogen-bond donors (Lipinski definition) is 0. The molecular weight excluding hydrogens is 493 g/mol. The van der Waals surface area contributed by atoms with Crippen LogP contribution in [0.3, 0.4) is 0 Å². The second-order valence-corrected chi connectivity index (χ2v) is 11.0. The summed E-state index contributed by atoms with van der Waals surface area (Å²) in [6.07, 6.45) is -1.34. The lowest BCUT2D eigenvalue weighted by Gasteiger charge is -2.46. The van der Waals surface area contributed by atoms with Gasteiger partial charge in [0.2, 0.25) is 5.91 Å². The Kier molecular flexibility index (Phi) is 7.13. The highest BCUT2D eigenvalue weighted by molar-refractivity contribution is 5.99. The molecule has 4 rings (SSSR count). The molecule has 0 radical (unpaired) electrons. The van der Waals surface area contributed by atoms with Crippen LogP contribution in [-0.4, -0.2) is 38.2 Å². The summed E-state index contributed by atoms with van der Waals surface area (Å²) in [6, 6.07) is 7.88. The monoisotopic (exact) mass is 524 g/mol. The maximum absolute atomic E-state index is 14.7. The predicted octanol–water partition coefficient (Wildman–Crippen LogP) is 6.03. The van der Waals surface area contributed by atoms with Gasteiger partial charge < -0.3 is 9.47 Å². The lowest BCUT2D eigenvalue weighted by Crippen LogP contribution is -2.53. The number of halogens is 3. The number of carbonyl (C=O) groups is 2. The van der Waals surface area contributed by atoms with Crippen LogP contribution in [0.4, 0.5) is 13.2 Å². The molecule has 0 unspecified atom stereocenters. The molecule has 1 atom stereocenters. The summed E-state index contributed by atoms with van der Waals surface area (Å²) in [5.74, 6) is -0.873. The quantitative estimate of drug-likeness (QED) is 0.382. The third-order valence-corrected chi connectivity index (χ3v) is 7.42. The number of ketones is 1. The van der Waals surface area contributed by atoms with Gasteiger partial charge in [-0.2, -0.15) is 18.4 Å². The van der Waals surface area contributed by atoms with Gasteiger partial charge in [0.1, 0.15) is 5.65 Å². The number of likely N-dealkylation sites (tertiary alicyclic amines) is 1. The number of Topliss-reactive ketones (excluding diaryl/α,β-unsaturated/α-hetero) is 1. The van der Waals surface area contributed by atoms with Gasteiger partial charge >= 0.3 is 6.18 Å². The van der Waals surface area contributed by atoms with Crippen LogP contribution in [0.2, 0.25) is 0 Å². The van der Waals surface area contributed by atoms with Crippen LogP contribution >= 0.6 is 0 Å². The number of piperidine rings is 1. The van der Waals surface area contributed by atoms with Crippen molar-refractivity contribution in [2.45, 2.75) is 64.6 Å². The van der Waals surface area contributed by atoms with Crippen molar-refractivity contribution in [1.29, 1.82) is 5.26 Å². The van der Waals surface area contributed by atoms with Crippen LogP contribution in [-0.2, 0) is 24.4 Å². The van der Waals surface area contributed by atoms with Crippen molar-refractivity contribution < 1.29 is 22.8 Å². The maximum Gasteiger partial charge on any atom is 0.417 e. The summed E-state index contributed by atoms with van der Waals surface area (Å²) < 4.78 is 45.6. The van der Waals surface area contributed by atoms with E-state index in [4.69, 9.17) is 5.26 Å². The number of alkyl halides is 3. The molecular formula is C29H31F3N4O2. The topological polar surface area (TPSA) is 79.0 Å². The number of aryl methyl sites for hydroxylation is 1. The fraction of sp³-hybridized carbons (Fsp3) is 0.448. The van der Waals surface area contributed by atoms with Crippen LogP contribution in [0.25, 0.3) is 11.0 Å². The molecule has 1 fully saturated rings. The van der Waals surface area contributed by atoms with Crippen LogP contribution in [0.1, 0.15) is 79.1 Å². The second kappa shape index (κ2) is 9.90. The molecule has 0 aliphatic carbocycles. The number of amides is 1. The van der Waals surface area contributed by atoms with Gasteiger partial charge in [0.25, 0.3) is 0 Å². The zero-order valence-electron chi connectivity index (χ0n) is 22.2. The molecule has 200 valence electrons. The third kappa shape index (κ3) is 5.04. The van der Waals surface area contributed by atoms with E-state index < -0.39 is 29.5 Å². The zero-order valence-corrected chi connectivity index (χ0v) is 22.2. The molecule has 1 aliphatic rings. The molecule has 3 heterocycles. The SMILES string of the molecule is CC(C)C(=O)N1CC[C@@H](c2cn(C)c3ncc(CC(=O)c4cccc(C#N)c4)c(C(F)(F)F)c23)CC1(C)C. The summed E-state index contributed by atoms with van der Waals surface area (Å²) in [4.78, 5) is 31.9. The van der Waals surface area contributed by atoms with Crippen molar-refractivity contribution in [3.8, 4) is 6.07 Å². The van der Waals surface area contributed by atoms with Gasteiger partial charge in [0.15, 0.2) is 5.78 Å². The van der Waals surface area contributed by atoms with Crippen LogP contribution in [0.5, 0.6) is 0 Å². The van der Waals surface area contributed by atoms with Gasteiger partial charge in [-0.25, -0.2) is 4.98 Å². The average Bonchev–Trinajstić information content (AvgIpc) is 3.18. The Morgan fingerprint density at radius 3 is 2.58 bits per heavy atom. The number of rotatable bonds is 5. The van der Waals surface area contributed by atoms with E-state index in [0.29, 0.717) is 24.9 Å². The molecule has 2 aromatic heterocycles. The lowest BCUT2D eigenvalue weighted by molar-refractivity contribution is -0.142. The Hall–Kier alpha value is -3.67. The van der Waals surface area contributed by atoms with Crippen molar-refractivity contribution in [1.82, 2.24) is 14.5 Å². The highest BCUT2D eigenvalue weighted by Gasteiger charge is 2.42. The fourth-order valence-electron chi connectivity index (χ4n) is 5.61. The number of nitrogens with zero attached hydrogens (tertiary/aromatic N) is 4. The van der Waals surface area contributed by atoms with Gasteiger partial charge in [0.05, 0.1) is 17.2 Å². The normalized spacial score (nSPS) is 17.6. The lowest BCUT2D eigenvalue weighted by atomic mass is 9.78. The van der Waals surface area contributed by atoms with E-state index in [1.807, 2.05) is 38.7 Å². The summed E-state index contributed by atoms with van der Waals surface area (Å²) in [6.45, 7) is 8.04. The fourth-order valence-corrected chi connectivity index (χ4v) is 5.61. The first-order chi connectivity index (χ1) is 17.7. The number of nitriles is 1. The summed E-state index contributed by atoms with van der Waals surface area (Å²) in [5, 5.41) is 9.14. The van der Waals surface area contributed by atoms with E-state index in [9.17, 15) is 22.8 Å². The van der Waals surface area contributed by atoms with Crippen molar-refractivity contribution in [3.05, 3.63) is 64.5 Å².